The number of halogens is 2. The summed E-state index contributed by atoms with van der Waals surface area (Å²) in [5.41, 5.74) is 0.836. The highest BCUT2D eigenvalue weighted by molar-refractivity contribution is 7.89. The van der Waals surface area contributed by atoms with E-state index in [1.807, 2.05) is 13.8 Å². The number of sulfonamides is 1. The fourth-order valence-corrected chi connectivity index (χ4v) is 5.13. The van der Waals surface area contributed by atoms with Crippen molar-refractivity contribution in [1.82, 2.24) is 14.3 Å². The topological polar surface area (TPSA) is 72.4 Å². The molecular formula is C17H19Cl2N3O3S. The molecule has 1 aromatic carbocycles. The summed E-state index contributed by atoms with van der Waals surface area (Å²) >= 11 is 12.0. The van der Waals surface area contributed by atoms with Gasteiger partial charge >= 0.3 is 0 Å². The van der Waals surface area contributed by atoms with Gasteiger partial charge < -0.3 is 4.74 Å². The van der Waals surface area contributed by atoms with Crippen molar-refractivity contribution in [2.45, 2.75) is 37.7 Å². The van der Waals surface area contributed by atoms with Gasteiger partial charge in [-0.05, 0) is 44.9 Å². The van der Waals surface area contributed by atoms with Gasteiger partial charge in [-0.15, -0.1) is 0 Å². The van der Waals surface area contributed by atoms with Gasteiger partial charge in [-0.1, -0.05) is 23.2 Å². The first-order valence-corrected chi connectivity index (χ1v) is 10.4. The van der Waals surface area contributed by atoms with E-state index in [-0.39, 0.29) is 16.0 Å². The van der Waals surface area contributed by atoms with Crippen LogP contribution >= 0.6 is 23.2 Å². The van der Waals surface area contributed by atoms with Gasteiger partial charge in [0.05, 0.1) is 5.02 Å². The van der Waals surface area contributed by atoms with E-state index in [1.54, 1.807) is 12.1 Å². The van der Waals surface area contributed by atoms with Gasteiger partial charge in [0.1, 0.15) is 16.8 Å². The lowest BCUT2D eigenvalue weighted by atomic mass is 10.1. The number of rotatable bonds is 4. The van der Waals surface area contributed by atoms with Crippen molar-refractivity contribution < 1.29 is 13.2 Å². The van der Waals surface area contributed by atoms with Crippen molar-refractivity contribution in [2.75, 3.05) is 13.1 Å². The number of nitrogens with zero attached hydrogens (tertiary/aromatic N) is 3. The van der Waals surface area contributed by atoms with Crippen LogP contribution in [0.2, 0.25) is 10.0 Å². The zero-order valence-corrected chi connectivity index (χ0v) is 16.8. The summed E-state index contributed by atoms with van der Waals surface area (Å²) in [4.78, 5) is 8.52. The minimum atomic E-state index is -3.69. The second kappa shape index (κ2) is 7.68. The molecule has 2 aromatic rings. The average molecular weight is 416 g/mol. The highest BCUT2D eigenvalue weighted by Crippen LogP contribution is 2.30. The molecule has 2 heterocycles. The molecule has 6 nitrogen and oxygen atoms in total. The summed E-state index contributed by atoms with van der Waals surface area (Å²) in [7, 11) is -3.69. The highest BCUT2D eigenvalue weighted by Gasteiger charge is 2.31. The number of aryl methyl sites for hydroxylation is 2. The molecule has 1 aliphatic heterocycles. The van der Waals surface area contributed by atoms with E-state index >= 15 is 0 Å². The standard InChI is InChI=1S/C17H19Cl2N3O3S/c1-11-9-17(21-12(2)20-11)25-14-5-7-22(8-6-14)26(23,24)16-10-13(18)3-4-15(16)19/h3-4,9-10,14H,5-8H2,1-2H3. The molecular weight excluding hydrogens is 397 g/mol. The quantitative estimate of drug-likeness (QED) is 0.761. The first-order chi connectivity index (χ1) is 12.3. The van der Waals surface area contributed by atoms with E-state index in [0.29, 0.717) is 42.7 Å². The van der Waals surface area contributed by atoms with Gasteiger partial charge in [-0.3, -0.25) is 0 Å². The van der Waals surface area contributed by atoms with Crippen molar-refractivity contribution in [3.8, 4) is 5.88 Å². The van der Waals surface area contributed by atoms with E-state index in [1.165, 1.54) is 16.4 Å². The molecule has 0 N–H and O–H groups in total. The second-order valence-corrected chi connectivity index (χ2v) is 8.94. The second-order valence-electron chi connectivity index (χ2n) is 6.19. The first kappa shape index (κ1) is 19.4. The maximum Gasteiger partial charge on any atom is 0.244 e. The molecule has 0 saturated carbocycles. The number of hydrogen-bond acceptors (Lipinski definition) is 5. The van der Waals surface area contributed by atoms with E-state index < -0.39 is 10.0 Å². The minimum Gasteiger partial charge on any atom is -0.474 e. The molecule has 0 atom stereocenters. The van der Waals surface area contributed by atoms with Crippen molar-refractivity contribution in [3.05, 3.63) is 45.8 Å². The molecule has 0 radical (unpaired) electrons. The third-order valence-electron chi connectivity index (χ3n) is 4.14. The molecule has 0 spiro atoms. The lowest BCUT2D eigenvalue weighted by molar-refractivity contribution is 0.129. The maximum absolute atomic E-state index is 12.8. The molecule has 1 saturated heterocycles. The van der Waals surface area contributed by atoms with Crippen LogP contribution in [0.15, 0.2) is 29.2 Å². The molecule has 3 rings (SSSR count). The third kappa shape index (κ3) is 4.28. The Morgan fingerprint density at radius 3 is 2.46 bits per heavy atom. The first-order valence-electron chi connectivity index (χ1n) is 8.20. The average Bonchev–Trinajstić information content (AvgIpc) is 2.56. The Balaban J connectivity index is 1.69. The summed E-state index contributed by atoms with van der Waals surface area (Å²) in [6.07, 6.45) is 1.05. The van der Waals surface area contributed by atoms with Crippen LogP contribution in [0.25, 0.3) is 0 Å². The Bertz CT molecular complexity index is 893. The SMILES string of the molecule is Cc1cc(OC2CCN(S(=O)(=O)c3cc(Cl)ccc3Cl)CC2)nc(C)n1. The zero-order valence-electron chi connectivity index (χ0n) is 14.4. The van der Waals surface area contributed by atoms with E-state index in [4.69, 9.17) is 27.9 Å². The smallest absolute Gasteiger partial charge is 0.244 e. The van der Waals surface area contributed by atoms with Crippen LogP contribution in [0.4, 0.5) is 0 Å². The monoisotopic (exact) mass is 415 g/mol. The molecule has 9 heteroatoms. The number of hydrogen-bond donors (Lipinski definition) is 0. The lowest BCUT2D eigenvalue weighted by Gasteiger charge is -2.31. The number of ether oxygens (including phenoxy) is 1. The van der Waals surface area contributed by atoms with Crippen molar-refractivity contribution in [3.63, 3.8) is 0 Å². The normalized spacial score (nSPS) is 16.6. The fourth-order valence-electron chi connectivity index (χ4n) is 2.92. The molecule has 0 aliphatic carbocycles. The Morgan fingerprint density at radius 2 is 1.81 bits per heavy atom. The van der Waals surface area contributed by atoms with Gasteiger partial charge in [-0.25, -0.2) is 13.4 Å². The third-order valence-corrected chi connectivity index (χ3v) is 6.76. The van der Waals surface area contributed by atoms with Crippen LogP contribution in [0.3, 0.4) is 0 Å². The van der Waals surface area contributed by atoms with Crippen LogP contribution in [-0.2, 0) is 10.0 Å². The molecule has 140 valence electrons. The summed E-state index contributed by atoms with van der Waals surface area (Å²) in [5, 5.41) is 0.500. The maximum atomic E-state index is 12.8. The molecule has 0 unspecified atom stereocenters. The predicted molar refractivity (Wildman–Crippen MR) is 100 cm³/mol. The number of piperidine rings is 1. The Morgan fingerprint density at radius 1 is 1.12 bits per heavy atom. The number of benzene rings is 1. The minimum absolute atomic E-state index is 0.0353. The molecule has 1 aromatic heterocycles. The molecule has 1 aliphatic rings. The molecule has 0 amide bonds. The zero-order chi connectivity index (χ0) is 18.9. The largest absolute Gasteiger partial charge is 0.474 e. The summed E-state index contributed by atoms with van der Waals surface area (Å²) in [6.45, 7) is 4.38. The molecule has 26 heavy (non-hydrogen) atoms. The van der Waals surface area contributed by atoms with E-state index in [9.17, 15) is 8.42 Å². The van der Waals surface area contributed by atoms with Crippen molar-refractivity contribution in [1.29, 1.82) is 0 Å². The highest BCUT2D eigenvalue weighted by atomic mass is 35.5. The summed E-state index contributed by atoms with van der Waals surface area (Å²) < 4.78 is 33.0. The Labute approximate surface area is 163 Å². The Kier molecular flexibility index (Phi) is 5.72. The van der Waals surface area contributed by atoms with Crippen LogP contribution in [0, 0.1) is 13.8 Å². The van der Waals surface area contributed by atoms with Gasteiger partial charge in [0.15, 0.2) is 0 Å². The van der Waals surface area contributed by atoms with Crippen LogP contribution in [0.5, 0.6) is 5.88 Å². The molecule has 0 bridgehead atoms. The van der Waals surface area contributed by atoms with Crippen LogP contribution in [-0.4, -0.2) is 41.9 Å². The Hall–Kier alpha value is -1.41. The predicted octanol–water partition coefficient (Wildman–Crippen LogP) is 3.63. The van der Waals surface area contributed by atoms with Gasteiger partial charge in [0.25, 0.3) is 0 Å². The fraction of sp³-hybridized carbons (Fsp3) is 0.412. The van der Waals surface area contributed by atoms with Crippen molar-refractivity contribution >= 4 is 33.2 Å². The summed E-state index contributed by atoms with van der Waals surface area (Å²) in [5.74, 6) is 1.17. The van der Waals surface area contributed by atoms with Gasteiger partial charge in [-0.2, -0.15) is 9.29 Å². The lowest BCUT2D eigenvalue weighted by Crippen LogP contribution is -2.41. The van der Waals surface area contributed by atoms with Crippen molar-refractivity contribution in [2.24, 2.45) is 0 Å². The van der Waals surface area contributed by atoms with E-state index in [2.05, 4.69) is 9.97 Å². The van der Waals surface area contributed by atoms with Crippen LogP contribution < -0.4 is 4.74 Å². The molecule has 1 fully saturated rings. The van der Waals surface area contributed by atoms with Gasteiger partial charge in [0.2, 0.25) is 15.9 Å². The summed E-state index contributed by atoms with van der Waals surface area (Å²) in [6, 6.07) is 6.22. The number of aromatic nitrogens is 2. The van der Waals surface area contributed by atoms with Gasteiger partial charge in [0, 0.05) is 29.9 Å². The van der Waals surface area contributed by atoms with E-state index in [0.717, 1.165) is 5.69 Å². The van der Waals surface area contributed by atoms with Crippen LogP contribution in [0.1, 0.15) is 24.4 Å².